The predicted molar refractivity (Wildman–Crippen MR) is 107 cm³/mol. The van der Waals surface area contributed by atoms with E-state index in [0.29, 0.717) is 4.57 Å². The Bertz CT molecular complexity index is 1370. The molecule has 0 aliphatic heterocycles. The van der Waals surface area contributed by atoms with Crippen molar-refractivity contribution in [2.45, 2.75) is 38.4 Å². The fourth-order valence-electron chi connectivity index (χ4n) is 3.29. The highest BCUT2D eigenvalue weighted by molar-refractivity contribution is 7.91. The molecular formula is C19H19F3N4O4S. The Kier molecular flexibility index (Phi) is 5.55. The largest absolute Gasteiger partial charge is 0.431 e. The van der Waals surface area contributed by atoms with Gasteiger partial charge in [0.1, 0.15) is 22.6 Å². The lowest BCUT2D eigenvalue weighted by molar-refractivity contribution is -0.144. The molecule has 0 bridgehead atoms. The number of nitrogens with zero attached hydrogens (tertiary/aromatic N) is 4. The number of carbonyl (C=O) groups is 1. The van der Waals surface area contributed by atoms with E-state index in [0.717, 1.165) is 6.07 Å². The highest BCUT2D eigenvalue weighted by atomic mass is 32.2. The maximum Gasteiger partial charge on any atom is 0.431 e. The van der Waals surface area contributed by atoms with Gasteiger partial charge >= 0.3 is 6.18 Å². The lowest BCUT2D eigenvalue weighted by Crippen LogP contribution is -2.28. The van der Waals surface area contributed by atoms with Crippen LogP contribution in [0.15, 0.2) is 27.9 Å². The number of aryl methyl sites for hydroxylation is 1. The number of pyridine rings is 2. The Morgan fingerprint density at radius 3 is 2.32 bits per heavy atom. The van der Waals surface area contributed by atoms with Crippen molar-refractivity contribution >= 4 is 26.7 Å². The van der Waals surface area contributed by atoms with Crippen LogP contribution in [0.2, 0.25) is 0 Å². The molecule has 166 valence electrons. The second kappa shape index (κ2) is 7.59. The topological polar surface area (TPSA) is 104 Å². The molecular weight excluding hydrogens is 437 g/mol. The van der Waals surface area contributed by atoms with Crippen LogP contribution >= 0.6 is 0 Å². The molecule has 0 saturated carbocycles. The minimum atomic E-state index is -4.79. The van der Waals surface area contributed by atoms with E-state index in [-0.39, 0.29) is 45.4 Å². The molecule has 3 aromatic rings. The van der Waals surface area contributed by atoms with Crippen LogP contribution in [0, 0.1) is 0 Å². The first-order chi connectivity index (χ1) is 14.3. The number of hydrogen-bond donors (Lipinski definition) is 0. The van der Waals surface area contributed by atoms with Crippen LogP contribution in [0.5, 0.6) is 0 Å². The van der Waals surface area contributed by atoms with Gasteiger partial charge in [0.25, 0.3) is 5.56 Å². The van der Waals surface area contributed by atoms with E-state index in [1.165, 1.54) is 44.5 Å². The fourth-order valence-corrected chi connectivity index (χ4v) is 4.31. The first-order valence-electron chi connectivity index (χ1n) is 9.26. The van der Waals surface area contributed by atoms with Crippen LogP contribution in [0.25, 0.3) is 22.6 Å². The van der Waals surface area contributed by atoms with Gasteiger partial charge in [-0.2, -0.15) is 13.2 Å². The minimum absolute atomic E-state index is 0.0425. The maximum atomic E-state index is 13.5. The number of rotatable bonds is 5. The number of Topliss-reactive ketones (excluding diaryl/α,β-unsaturated/α-hetero) is 1. The molecule has 0 unspecified atom stereocenters. The number of fused-ring (bicyclic) bond motifs is 1. The van der Waals surface area contributed by atoms with Gasteiger partial charge in [0.2, 0.25) is 0 Å². The van der Waals surface area contributed by atoms with E-state index < -0.39 is 33.0 Å². The minimum Gasteiger partial charge on any atom is -0.321 e. The molecule has 0 saturated heterocycles. The maximum absolute atomic E-state index is 13.5. The number of aromatic nitrogens is 4. The zero-order chi connectivity index (χ0) is 23.3. The number of hydrogen-bond acceptors (Lipinski definition) is 6. The summed E-state index contributed by atoms with van der Waals surface area (Å²) in [6.07, 6.45) is -4.79. The number of imidazole rings is 1. The smallest absolute Gasteiger partial charge is 0.321 e. The molecule has 0 atom stereocenters. The first kappa shape index (κ1) is 22.7. The molecule has 3 rings (SSSR count). The number of sulfone groups is 1. The summed E-state index contributed by atoms with van der Waals surface area (Å²) in [4.78, 5) is 32.6. The summed E-state index contributed by atoms with van der Waals surface area (Å²) in [6.45, 7) is 3.84. The monoisotopic (exact) mass is 456 g/mol. The average Bonchev–Trinajstić information content (AvgIpc) is 3.03. The SMILES string of the molecule is CCn1c(C(F)(F)F)cc2nc(-c3nc(C(C)=O)ccc3S(=O)(=O)CC)n(C)c2c1=O. The van der Waals surface area contributed by atoms with Gasteiger partial charge < -0.3 is 9.13 Å². The number of halogens is 3. The summed E-state index contributed by atoms with van der Waals surface area (Å²) in [5.41, 5.74) is -2.72. The van der Waals surface area contributed by atoms with E-state index in [2.05, 4.69) is 9.97 Å². The van der Waals surface area contributed by atoms with Gasteiger partial charge in [-0.3, -0.25) is 9.59 Å². The fraction of sp³-hybridized carbons (Fsp3) is 0.368. The molecule has 0 fully saturated rings. The van der Waals surface area contributed by atoms with Gasteiger partial charge in [-0.15, -0.1) is 0 Å². The van der Waals surface area contributed by atoms with Crippen molar-refractivity contribution in [2.75, 3.05) is 5.75 Å². The van der Waals surface area contributed by atoms with Gasteiger partial charge in [-0.1, -0.05) is 6.92 Å². The molecule has 0 N–H and O–H groups in total. The first-order valence-corrected chi connectivity index (χ1v) is 10.9. The van der Waals surface area contributed by atoms with Crippen LogP contribution in [0.1, 0.15) is 37.0 Å². The zero-order valence-corrected chi connectivity index (χ0v) is 17.9. The van der Waals surface area contributed by atoms with Crippen LogP contribution in [0.3, 0.4) is 0 Å². The summed E-state index contributed by atoms with van der Waals surface area (Å²) in [5, 5.41) is 0. The van der Waals surface area contributed by atoms with Crippen LogP contribution in [0.4, 0.5) is 13.2 Å². The molecule has 0 radical (unpaired) electrons. The molecule has 0 aliphatic carbocycles. The Morgan fingerprint density at radius 1 is 1.16 bits per heavy atom. The van der Waals surface area contributed by atoms with E-state index >= 15 is 0 Å². The zero-order valence-electron chi connectivity index (χ0n) is 17.1. The van der Waals surface area contributed by atoms with Crippen molar-refractivity contribution in [3.05, 3.63) is 39.9 Å². The highest BCUT2D eigenvalue weighted by Crippen LogP contribution is 2.32. The van der Waals surface area contributed by atoms with Gasteiger partial charge in [-0.25, -0.2) is 18.4 Å². The van der Waals surface area contributed by atoms with Gasteiger partial charge in [0, 0.05) is 20.5 Å². The van der Waals surface area contributed by atoms with E-state index in [4.69, 9.17) is 0 Å². The van der Waals surface area contributed by atoms with Crippen molar-refractivity contribution in [3.63, 3.8) is 0 Å². The molecule has 0 aromatic carbocycles. The van der Waals surface area contributed by atoms with Crippen molar-refractivity contribution in [1.29, 1.82) is 0 Å². The standard InChI is InChI=1S/C19H19F3N4O4S/c1-5-26-14(19(20,21)22)9-12-16(18(26)28)25(4)17(24-12)15-13(31(29,30)6-2)8-7-11(23-15)10(3)27/h7-9H,5-6H2,1-4H3. The van der Waals surface area contributed by atoms with Gasteiger partial charge in [-0.05, 0) is 25.1 Å². The highest BCUT2D eigenvalue weighted by Gasteiger charge is 2.36. The normalized spacial score (nSPS) is 12.5. The number of carbonyl (C=O) groups excluding carboxylic acids is 1. The Morgan fingerprint density at radius 2 is 1.81 bits per heavy atom. The second-order valence-corrected chi connectivity index (χ2v) is 9.05. The van der Waals surface area contributed by atoms with Crippen LogP contribution in [-0.4, -0.2) is 39.1 Å². The third-order valence-corrected chi connectivity index (χ3v) is 6.65. The molecule has 3 aromatic heterocycles. The lowest BCUT2D eigenvalue weighted by atomic mass is 10.2. The summed E-state index contributed by atoms with van der Waals surface area (Å²) in [7, 11) is -2.44. The molecule has 0 amide bonds. The summed E-state index contributed by atoms with van der Waals surface area (Å²) in [6, 6.07) is 3.21. The molecule has 3 heterocycles. The van der Waals surface area contributed by atoms with Crippen LogP contribution < -0.4 is 5.56 Å². The van der Waals surface area contributed by atoms with Crippen molar-refractivity contribution < 1.29 is 26.4 Å². The van der Waals surface area contributed by atoms with Crippen molar-refractivity contribution in [1.82, 2.24) is 19.1 Å². The molecule has 0 aliphatic rings. The van der Waals surface area contributed by atoms with Crippen molar-refractivity contribution in [3.8, 4) is 11.5 Å². The third kappa shape index (κ3) is 3.75. The summed E-state index contributed by atoms with van der Waals surface area (Å²) < 4.78 is 67.3. The van der Waals surface area contributed by atoms with E-state index in [1.807, 2.05) is 0 Å². The second-order valence-electron chi connectivity index (χ2n) is 6.81. The molecule has 31 heavy (non-hydrogen) atoms. The van der Waals surface area contributed by atoms with Gasteiger partial charge in [0.05, 0.1) is 16.2 Å². The van der Waals surface area contributed by atoms with Crippen molar-refractivity contribution in [2.24, 2.45) is 7.05 Å². The molecule has 0 spiro atoms. The summed E-state index contributed by atoms with van der Waals surface area (Å²) in [5.74, 6) is -0.844. The summed E-state index contributed by atoms with van der Waals surface area (Å²) >= 11 is 0. The Labute approximate surface area is 175 Å². The number of alkyl halides is 3. The van der Waals surface area contributed by atoms with E-state index in [9.17, 15) is 31.2 Å². The Hall–Kier alpha value is -3.02. The lowest BCUT2D eigenvalue weighted by Gasteiger charge is -2.14. The average molecular weight is 456 g/mol. The molecule has 8 nitrogen and oxygen atoms in total. The van der Waals surface area contributed by atoms with Crippen LogP contribution in [-0.2, 0) is 29.6 Å². The predicted octanol–water partition coefficient (Wildman–Crippen LogP) is 2.83. The number of ketones is 1. The van der Waals surface area contributed by atoms with Gasteiger partial charge in [0.15, 0.2) is 21.4 Å². The van der Waals surface area contributed by atoms with E-state index in [1.54, 1.807) is 0 Å². The quantitative estimate of drug-likeness (QED) is 0.547. The third-order valence-electron chi connectivity index (χ3n) is 4.89. The Balaban J connectivity index is 2.46. The molecule has 12 heteroatoms.